The molecule has 4 heteroatoms. The number of rotatable bonds is 2. The Morgan fingerprint density at radius 3 is 2.53 bits per heavy atom. The smallest absolute Gasteiger partial charge is 0.247 e. The average molecular weight is 199 g/mol. The van der Waals surface area contributed by atoms with Crippen LogP contribution >= 0.6 is 0 Å². The molecule has 0 aliphatic heterocycles. The fourth-order valence-corrected chi connectivity index (χ4v) is 1.20. The molecule has 0 N–H and O–H groups in total. The van der Waals surface area contributed by atoms with E-state index in [-0.39, 0.29) is 0 Å². The molecular weight excluding hydrogens is 190 g/mol. The molecule has 0 aliphatic carbocycles. The van der Waals surface area contributed by atoms with Crippen LogP contribution in [-0.4, -0.2) is 10.2 Å². The Hall–Kier alpha value is -2.15. The lowest BCUT2D eigenvalue weighted by molar-refractivity contribution is 0.513. The fraction of sp³-hybridized carbons (Fsp3) is 0.182. The van der Waals surface area contributed by atoms with Gasteiger partial charge in [0.2, 0.25) is 11.8 Å². The second-order valence-electron chi connectivity index (χ2n) is 3.04. The zero-order valence-corrected chi connectivity index (χ0v) is 8.27. The first-order chi connectivity index (χ1) is 7.33. The summed E-state index contributed by atoms with van der Waals surface area (Å²) < 4.78 is 5.39. The predicted molar refractivity (Wildman–Crippen MR) is 53.8 cm³/mol. The fourth-order valence-electron chi connectivity index (χ4n) is 1.20. The average Bonchev–Trinajstić information content (AvgIpc) is 2.78. The molecule has 15 heavy (non-hydrogen) atoms. The van der Waals surface area contributed by atoms with Crippen molar-refractivity contribution in [2.24, 2.45) is 0 Å². The second kappa shape index (κ2) is 3.93. The van der Waals surface area contributed by atoms with Crippen LogP contribution in [0.1, 0.15) is 18.4 Å². The highest BCUT2D eigenvalue weighted by Gasteiger charge is 2.06. The maximum atomic E-state index is 8.64. The molecule has 0 bridgehead atoms. The van der Waals surface area contributed by atoms with Crippen LogP contribution in [0.2, 0.25) is 0 Å². The van der Waals surface area contributed by atoms with E-state index in [1.54, 1.807) is 24.3 Å². The van der Waals surface area contributed by atoms with Crippen molar-refractivity contribution in [2.45, 2.75) is 13.3 Å². The largest absolute Gasteiger partial charge is 0.421 e. The first-order valence-electron chi connectivity index (χ1n) is 4.66. The summed E-state index contributed by atoms with van der Waals surface area (Å²) in [7, 11) is 0. The van der Waals surface area contributed by atoms with E-state index in [1.165, 1.54) is 0 Å². The molecule has 0 saturated carbocycles. The van der Waals surface area contributed by atoms with Gasteiger partial charge in [0.1, 0.15) is 0 Å². The van der Waals surface area contributed by atoms with Gasteiger partial charge >= 0.3 is 0 Å². The lowest BCUT2D eigenvalue weighted by atomic mass is 10.1. The van der Waals surface area contributed by atoms with Gasteiger partial charge in [0.15, 0.2) is 0 Å². The number of nitriles is 1. The van der Waals surface area contributed by atoms with Gasteiger partial charge in [-0.1, -0.05) is 6.92 Å². The Morgan fingerprint density at radius 2 is 2.00 bits per heavy atom. The van der Waals surface area contributed by atoms with Crippen molar-refractivity contribution in [1.29, 1.82) is 5.26 Å². The normalized spacial score (nSPS) is 9.87. The number of nitrogens with zero attached hydrogens (tertiary/aromatic N) is 3. The predicted octanol–water partition coefficient (Wildman–Crippen LogP) is 2.17. The van der Waals surface area contributed by atoms with E-state index >= 15 is 0 Å². The van der Waals surface area contributed by atoms with Gasteiger partial charge < -0.3 is 4.42 Å². The van der Waals surface area contributed by atoms with Crippen molar-refractivity contribution in [1.82, 2.24) is 10.2 Å². The van der Waals surface area contributed by atoms with Crippen LogP contribution < -0.4 is 0 Å². The standard InChI is InChI=1S/C11H9N3O/c1-2-10-13-14-11(15-10)9-5-3-8(7-12)4-6-9/h3-6H,2H2,1H3. The minimum Gasteiger partial charge on any atom is -0.421 e. The molecule has 1 aromatic carbocycles. The van der Waals surface area contributed by atoms with Crippen LogP contribution in [0.3, 0.4) is 0 Å². The van der Waals surface area contributed by atoms with Gasteiger partial charge in [-0.25, -0.2) is 0 Å². The zero-order chi connectivity index (χ0) is 10.7. The first kappa shape index (κ1) is 9.41. The Morgan fingerprint density at radius 1 is 1.27 bits per heavy atom. The Kier molecular flexibility index (Phi) is 2.46. The molecular formula is C11H9N3O. The summed E-state index contributed by atoms with van der Waals surface area (Å²) in [4.78, 5) is 0. The Labute approximate surface area is 87.2 Å². The van der Waals surface area contributed by atoms with Gasteiger partial charge in [-0.05, 0) is 24.3 Å². The molecule has 1 aromatic heterocycles. The van der Waals surface area contributed by atoms with Crippen LogP contribution in [0.5, 0.6) is 0 Å². The topological polar surface area (TPSA) is 62.7 Å². The molecule has 74 valence electrons. The summed E-state index contributed by atoms with van der Waals surface area (Å²) >= 11 is 0. The number of aryl methyl sites for hydroxylation is 1. The molecule has 2 aromatic rings. The molecule has 0 amide bonds. The third-order valence-corrected chi connectivity index (χ3v) is 2.03. The molecule has 4 nitrogen and oxygen atoms in total. The minimum absolute atomic E-state index is 0.497. The van der Waals surface area contributed by atoms with Gasteiger partial charge in [-0.3, -0.25) is 0 Å². The molecule has 2 rings (SSSR count). The van der Waals surface area contributed by atoms with Crippen LogP contribution in [0.25, 0.3) is 11.5 Å². The number of aromatic nitrogens is 2. The molecule has 0 spiro atoms. The first-order valence-corrected chi connectivity index (χ1v) is 4.66. The van der Waals surface area contributed by atoms with E-state index in [1.807, 2.05) is 6.92 Å². The Balaban J connectivity index is 2.33. The summed E-state index contributed by atoms with van der Waals surface area (Å²) in [5, 5.41) is 16.4. The zero-order valence-electron chi connectivity index (χ0n) is 8.27. The summed E-state index contributed by atoms with van der Waals surface area (Å²) in [5.41, 5.74) is 1.45. The van der Waals surface area contributed by atoms with Crippen LogP contribution in [0.15, 0.2) is 28.7 Å². The SMILES string of the molecule is CCc1nnc(-c2ccc(C#N)cc2)o1. The van der Waals surface area contributed by atoms with Crippen molar-refractivity contribution in [3.63, 3.8) is 0 Å². The third-order valence-electron chi connectivity index (χ3n) is 2.03. The van der Waals surface area contributed by atoms with Gasteiger partial charge in [0.25, 0.3) is 0 Å². The lowest BCUT2D eigenvalue weighted by Crippen LogP contribution is -1.78. The number of hydrogen-bond donors (Lipinski definition) is 0. The monoisotopic (exact) mass is 199 g/mol. The van der Waals surface area contributed by atoms with E-state index in [4.69, 9.17) is 9.68 Å². The highest BCUT2D eigenvalue weighted by molar-refractivity contribution is 5.54. The van der Waals surface area contributed by atoms with Gasteiger partial charge in [-0.2, -0.15) is 5.26 Å². The van der Waals surface area contributed by atoms with Crippen molar-refractivity contribution in [3.05, 3.63) is 35.7 Å². The third kappa shape index (κ3) is 1.86. The van der Waals surface area contributed by atoms with E-state index in [0.29, 0.717) is 17.3 Å². The molecule has 0 fully saturated rings. The number of hydrogen-bond acceptors (Lipinski definition) is 4. The van der Waals surface area contributed by atoms with E-state index in [2.05, 4.69) is 16.3 Å². The van der Waals surface area contributed by atoms with E-state index in [9.17, 15) is 0 Å². The van der Waals surface area contributed by atoms with Gasteiger partial charge in [0, 0.05) is 12.0 Å². The summed E-state index contributed by atoms with van der Waals surface area (Å²) in [5.74, 6) is 1.12. The summed E-state index contributed by atoms with van der Waals surface area (Å²) in [6.07, 6.45) is 0.725. The van der Waals surface area contributed by atoms with Crippen molar-refractivity contribution < 1.29 is 4.42 Å². The Bertz CT molecular complexity index is 493. The maximum absolute atomic E-state index is 8.64. The highest BCUT2D eigenvalue weighted by atomic mass is 16.4. The maximum Gasteiger partial charge on any atom is 0.247 e. The molecule has 0 unspecified atom stereocenters. The molecule has 0 saturated heterocycles. The van der Waals surface area contributed by atoms with E-state index in [0.717, 1.165) is 12.0 Å². The summed E-state index contributed by atoms with van der Waals surface area (Å²) in [6, 6.07) is 9.10. The van der Waals surface area contributed by atoms with Crippen molar-refractivity contribution >= 4 is 0 Å². The number of benzene rings is 1. The molecule has 1 heterocycles. The minimum atomic E-state index is 0.497. The highest BCUT2D eigenvalue weighted by Crippen LogP contribution is 2.18. The van der Waals surface area contributed by atoms with Crippen LogP contribution in [-0.2, 0) is 6.42 Å². The van der Waals surface area contributed by atoms with Gasteiger partial charge in [0.05, 0.1) is 11.6 Å². The van der Waals surface area contributed by atoms with Crippen LogP contribution in [0, 0.1) is 11.3 Å². The quantitative estimate of drug-likeness (QED) is 0.743. The second-order valence-corrected chi connectivity index (χ2v) is 3.04. The molecule has 0 aliphatic rings. The van der Waals surface area contributed by atoms with Crippen LogP contribution in [0.4, 0.5) is 0 Å². The van der Waals surface area contributed by atoms with Crippen molar-refractivity contribution in [2.75, 3.05) is 0 Å². The lowest BCUT2D eigenvalue weighted by Gasteiger charge is -1.93. The summed E-state index contributed by atoms with van der Waals surface area (Å²) in [6.45, 7) is 1.95. The van der Waals surface area contributed by atoms with Gasteiger partial charge in [-0.15, -0.1) is 10.2 Å². The van der Waals surface area contributed by atoms with E-state index < -0.39 is 0 Å². The molecule has 0 radical (unpaired) electrons. The van der Waals surface area contributed by atoms with Crippen molar-refractivity contribution in [3.8, 4) is 17.5 Å². The molecule has 0 atom stereocenters.